The molecule has 0 atom stereocenters. The van der Waals surface area contributed by atoms with Gasteiger partial charge in [-0.1, -0.05) is 0 Å². The summed E-state index contributed by atoms with van der Waals surface area (Å²) in [5.74, 6) is -2.62. The zero-order chi connectivity index (χ0) is 25.0. The van der Waals surface area contributed by atoms with E-state index in [1.807, 2.05) is 6.79 Å². The largest absolute Gasteiger partial charge is 0.465 e. The predicted octanol–water partition coefficient (Wildman–Crippen LogP) is 3.73. The van der Waals surface area contributed by atoms with Crippen LogP contribution >= 0.6 is 11.8 Å². The molecule has 10 nitrogen and oxygen atoms in total. The number of aryl methyl sites for hydroxylation is 1. The first kappa shape index (κ1) is 28.5. The van der Waals surface area contributed by atoms with Crippen molar-refractivity contribution in [3.8, 4) is 0 Å². The van der Waals surface area contributed by atoms with Crippen molar-refractivity contribution in [2.45, 2.75) is 18.4 Å². The number of aliphatic hydroxyl groups is 1. The summed E-state index contributed by atoms with van der Waals surface area (Å²) in [5.41, 5.74) is -1.19. The van der Waals surface area contributed by atoms with Gasteiger partial charge in [0, 0.05) is 47.4 Å². The Morgan fingerprint density at radius 2 is 1.44 bits per heavy atom. The summed E-state index contributed by atoms with van der Waals surface area (Å²) >= 11 is 1.01. The molecule has 0 spiro atoms. The summed E-state index contributed by atoms with van der Waals surface area (Å²) in [5, 5.41) is 29.1. The molecule has 2 aromatic carbocycles. The third kappa shape index (κ3) is 7.35. The van der Waals surface area contributed by atoms with Gasteiger partial charge < -0.3 is 14.6 Å². The molecule has 13 heteroatoms. The van der Waals surface area contributed by atoms with Crippen molar-refractivity contribution >= 4 is 35.9 Å². The van der Waals surface area contributed by atoms with Crippen LogP contribution < -0.4 is 0 Å². The minimum Gasteiger partial charge on any atom is -0.465 e. The van der Waals surface area contributed by atoms with Crippen molar-refractivity contribution < 1.29 is 38.1 Å². The number of aliphatic hydroxyl groups excluding tert-OH is 1. The number of carbonyl (C=O) groups excluding carboxylic acids is 2. The molecule has 0 fully saturated rings. The van der Waals surface area contributed by atoms with Gasteiger partial charge in [-0.2, -0.15) is 11.8 Å². The minimum atomic E-state index is -1.04. The molecule has 0 unspecified atom stereocenters. The van der Waals surface area contributed by atoms with Crippen molar-refractivity contribution in [3.05, 3.63) is 78.4 Å². The highest BCUT2D eigenvalue weighted by Gasteiger charge is 2.24. The number of halogens is 2. The fourth-order valence-corrected chi connectivity index (χ4v) is 3.41. The Morgan fingerprint density at radius 3 is 1.88 bits per heavy atom. The highest BCUT2D eigenvalue weighted by atomic mass is 32.2. The van der Waals surface area contributed by atoms with Gasteiger partial charge >= 0.3 is 5.97 Å². The van der Waals surface area contributed by atoms with E-state index in [0.29, 0.717) is 0 Å². The lowest BCUT2D eigenvalue weighted by molar-refractivity contribution is -0.385. The number of rotatable bonds is 7. The zero-order valence-corrected chi connectivity index (χ0v) is 18.1. The topological polar surface area (TPSA) is 150 Å². The van der Waals surface area contributed by atoms with Crippen LogP contribution in [0.25, 0.3) is 0 Å². The number of carbonyl (C=O) groups is 2. The lowest BCUT2D eigenvalue weighted by Gasteiger charge is -2.08. The van der Waals surface area contributed by atoms with E-state index in [-0.39, 0.29) is 33.9 Å². The van der Waals surface area contributed by atoms with Crippen molar-refractivity contribution in [3.63, 3.8) is 0 Å². The van der Waals surface area contributed by atoms with E-state index in [9.17, 15) is 33.8 Å². The number of hydrogen-bond acceptors (Lipinski definition) is 9. The molecule has 174 valence electrons. The lowest BCUT2D eigenvalue weighted by atomic mass is 10.1. The third-order valence-corrected chi connectivity index (χ3v) is 4.87. The Bertz CT molecular complexity index is 988. The monoisotopic (exact) mass is 474 g/mol. The maximum atomic E-state index is 14.2. The second kappa shape index (κ2) is 13.8. The molecule has 0 aliphatic heterocycles. The van der Waals surface area contributed by atoms with E-state index in [2.05, 4.69) is 4.74 Å². The second-order valence-corrected chi connectivity index (χ2v) is 6.68. The predicted molar refractivity (Wildman–Crippen MR) is 112 cm³/mol. The molecule has 2 aromatic rings. The van der Waals surface area contributed by atoms with Gasteiger partial charge in [-0.15, -0.1) is 0 Å². The van der Waals surface area contributed by atoms with Crippen LogP contribution in [0.1, 0.15) is 27.0 Å². The molecule has 0 heterocycles. The molecule has 32 heavy (non-hydrogen) atoms. The Kier molecular flexibility index (Phi) is 12.3. The van der Waals surface area contributed by atoms with E-state index in [1.54, 1.807) is 0 Å². The van der Waals surface area contributed by atoms with Gasteiger partial charge in [0.1, 0.15) is 24.0 Å². The molecule has 0 bridgehead atoms. The molecule has 0 aliphatic rings. The number of ether oxygens (including phenoxy) is 1. The normalized spacial score (nSPS) is 9.56. The van der Waals surface area contributed by atoms with Gasteiger partial charge in [0.2, 0.25) is 0 Å². The second-order valence-electron chi connectivity index (χ2n) is 5.69. The van der Waals surface area contributed by atoms with Crippen LogP contribution in [0, 0.1) is 38.8 Å². The van der Waals surface area contributed by atoms with E-state index in [1.165, 1.54) is 6.92 Å². The van der Waals surface area contributed by atoms with Gasteiger partial charge in [0.05, 0.1) is 17.0 Å². The molecule has 1 N–H and O–H groups in total. The molecule has 0 radical (unpaired) electrons. The summed E-state index contributed by atoms with van der Waals surface area (Å²) in [6, 6.07) is 3.79. The molecule has 0 saturated heterocycles. The summed E-state index contributed by atoms with van der Waals surface area (Å²) in [6.07, 6.45) is 0. The van der Waals surface area contributed by atoms with Crippen LogP contribution in [0.15, 0.2) is 24.3 Å². The molecular weight excluding hydrogens is 454 g/mol. The molecule has 0 saturated carbocycles. The summed E-state index contributed by atoms with van der Waals surface area (Å²) in [7, 11) is 2.02. The zero-order valence-electron chi connectivity index (χ0n) is 17.3. The number of thioether (sulfide) groups is 1. The first-order valence-electron chi connectivity index (χ1n) is 8.45. The maximum Gasteiger partial charge on any atom is 0.344 e. The SMILES string of the molecule is C=O.CO.COC(=O)c1cc(F)c(CSCc2cc([N+](=O)[O-])c(C)cc2F)cc1[N+](=O)[O-]. The summed E-state index contributed by atoms with van der Waals surface area (Å²) in [4.78, 5) is 40.2. The number of benzene rings is 2. The fourth-order valence-electron chi connectivity index (χ4n) is 2.42. The summed E-state index contributed by atoms with van der Waals surface area (Å²) in [6.45, 7) is 3.41. The van der Waals surface area contributed by atoms with Crippen LogP contribution in [0.5, 0.6) is 0 Å². The van der Waals surface area contributed by atoms with E-state index >= 15 is 0 Å². The molecular formula is C19H20F2N2O8S. The molecule has 0 aliphatic carbocycles. The number of nitro groups is 2. The van der Waals surface area contributed by atoms with Crippen LogP contribution in [0.2, 0.25) is 0 Å². The Balaban J connectivity index is 0.00000227. The molecule has 0 amide bonds. The van der Waals surface area contributed by atoms with Gasteiger partial charge in [0.25, 0.3) is 11.4 Å². The number of nitrogens with zero attached hydrogens (tertiary/aromatic N) is 2. The molecule has 2 rings (SSSR count). The van der Waals surface area contributed by atoms with Crippen molar-refractivity contribution in [1.29, 1.82) is 0 Å². The van der Waals surface area contributed by atoms with Crippen LogP contribution in [0.4, 0.5) is 20.2 Å². The summed E-state index contributed by atoms with van der Waals surface area (Å²) < 4.78 is 32.6. The van der Waals surface area contributed by atoms with Gasteiger partial charge in [-0.25, -0.2) is 13.6 Å². The van der Waals surface area contributed by atoms with Crippen LogP contribution in [-0.2, 0) is 21.0 Å². The van der Waals surface area contributed by atoms with Gasteiger partial charge in [0.15, 0.2) is 0 Å². The Hall–Kier alpha value is -3.45. The van der Waals surface area contributed by atoms with E-state index < -0.39 is 38.7 Å². The maximum absolute atomic E-state index is 14.2. The van der Waals surface area contributed by atoms with Crippen LogP contribution in [-0.4, -0.2) is 41.9 Å². The number of nitro benzene ring substituents is 2. The first-order valence-corrected chi connectivity index (χ1v) is 9.61. The standard InChI is InChI=1S/C17H14F2N2O6S.CH4O.CH2O/c1-9-3-13(18)10(4-15(9)20(23)24)7-28-8-11-5-16(21(25)26)12(6-14(11)19)17(22)27-2;2*1-2/h3-6H,7-8H2,1-2H3;2H,1H3;1H2. The number of methoxy groups -OCH3 is 1. The minimum absolute atomic E-state index is 0.0149. The lowest BCUT2D eigenvalue weighted by Crippen LogP contribution is -2.07. The van der Waals surface area contributed by atoms with Gasteiger partial charge in [-0.3, -0.25) is 20.2 Å². The fraction of sp³-hybridized carbons (Fsp3) is 0.263. The van der Waals surface area contributed by atoms with Crippen molar-refractivity contribution in [2.24, 2.45) is 0 Å². The van der Waals surface area contributed by atoms with Crippen molar-refractivity contribution in [2.75, 3.05) is 14.2 Å². The average Bonchev–Trinajstić information content (AvgIpc) is 2.77. The third-order valence-electron chi connectivity index (χ3n) is 3.84. The smallest absolute Gasteiger partial charge is 0.344 e. The molecule has 0 aromatic heterocycles. The van der Waals surface area contributed by atoms with E-state index in [4.69, 9.17) is 9.90 Å². The Morgan fingerprint density at radius 1 is 1.00 bits per heavy atom. The Labute approximate surface area is 185 Å². The highest BCUT2D eigenvalue weighted by molar-refractivity contribution is 7.97. The first-order chi connectivity index (χ1) is 15.1. The number of esters is 1. The van der Waals surface area contributed by atoms with Crippen LogP contribution in [0.3, 0.4) is 0 Å². The number of hydrogen-bond donors (Lipinski definition) is 1. The van der Waals surface area contributed by atoms with Crippen molar-refractivity contribution in [1.82, 2.24) is 0 Å². The van der Waals surface area contributed by atoms with Gasteiger partial charge in [-0.05, 0) is 19.1 Å². The highest BCUT2D eigenvalue weighted by Crippen LogP contribution is 2.29. The quantitative estimate of drug-likeness (QED) is 0.360. The van der Waals surface area contributed by atoms with E-state index in [0.717, 1.165) is 50.2 Å². The average molecular weight is 474 g/mol.